The smallest absolute Gasteiger partial charge is 0.224 e. The first-order chi connectivity index (χ1) is 9.13. The molecule has 4 nitrogen and oxygen atoms in total. The third-order valence-electron chi connectivity index (χ3n) is 4.55. The Kier molecular flexibility index (Phi) is 5.22. The van der Waals surface area contributed by atoms with Crippen molar-refractivity contribution in [1.29, 1.82) is 0 Å². The van der Waals surface area contributed by atoms with Crippen molar-refractivity contribution in [2.75, 3.05) is 19.7 Å². The van der Waals surface area contributed by atoms with E-state index in [1.807, 2.05) is 11.8 Å². The van der Waals surface area contributed by atoms with Crippen LogP contribution >= 0.6 is 0 Å². The first kappa shape index (κ1) is 14.8. The Morgan fingerprint density at radius 3 is 2.47 bits per heavy atom. The minimum absolute atomic E-state index is 0.230. The van der Waals surface area contributed by atoms with Crippen LogP contribution in [0.3, 0.4) is 0 Å². The maximum Gasteiger partial charge on any atom is 0.224 e. The lowest BCUT2D eigenvalue weighted by atomic mass is 9.80. The van der Waals surface area contributed by atoms with E-state index in [2.05, 4.69) is 0 Å². The van der Waals surface area contributed by atoms with E-state index in [1.54, 1.807) is 0 Å². The minimum Gasteiger partial charge on any atom is -0.378 e. The van der Waals surface area contributed by atoms with Crippen LogP contribution in [0.1, 0.15) is 58.3 Å². The van der Waals surface area contributed by atoms with Crippen LogP contribution in [-0.2, 0) is 9.53 Å². The summed E-state index contributed by atoms with van der Waals surface area (Å²) in [6.07, 6.45) is 8.46. The van der Waals surface area contributed by atoms with Gasteiger partial charge in [0.25, 0.3) is 0 Å². The number of rotatable bonds is 4. The Morgan fingerprint density at radius 1 is 1.26 bits per heavy atom. The lowest BCUT2D eigenvalue weighted by Crippen LogP contribution is -2.49. The summed E-state index contributed by atoms with van der Waals surface area (Å²) in [5.74, 6) is 0.249. The Balaban J connectivity index is 1.77. The van der Waals surface area contributed by atoms with Gasteiger partial charge in [-0.2, -0.15) is 0 Å². The lowest BCUT2D eigenvalue weighted by molar-refractivity contribution is -0.135. The quantitative estimate of drug-likeness (QED) is 0.849. The average Bonchev–Trinajstić information content (AvgIpc) is 2.40. The van der Waals surface area contributed by atoms with Gasteiger partial charge in [-0.25, -0.2) is 0 Å². The molecular formula is C15H28N2O2. The summed E-state index contributed by atoms with van der Waals surface area (Å²) in [6.45, 7) is 4.46. The number of carbonyl (C=O) groups excluding carboxylic acids is 1. The molecule has 1 heterocycles. The van der Waals surface area contributed by atoms with Gasteiger partial charge in [-0.3, -0.25) is 4.79 Å². The van der Waals surface area contributed by atoms with Crippen LogP contribution in [0.5, 0.6) is 0 Å². The van der Waals surface area contributed by atoms with E-state index in [4.69, 9.17) is 10.5 Å². The average molecular weight is 268 g/mol. The number of likely N-dealkylation sites (tertiary alicyclic amines) is 1. The molecule has 0 unspecified atom stereocenters. The van der Waals surface area contributed by atoms with E-state index in [0.29, 0.717) is 12.5 Å². The van der Waals surface area contributed by atoms with E-state index in [0.717, 1.165) is 45.4 Å². The monoisotopic (exact) mass is 268 g/mol. The summed E-state index contributed by atoms with van der Waals surface area (Å²) < 4.78 is 5.62. The highest BCUT2D eigenvalue weighted by molar-refractivity contribution is 5.77. The van der Waals surface area contributed by atoms with E-state index >= 15 is 0 Å². The molecule has 0 aromatic rings. The summed E-state index contributed by atoms with van der Waals surface area (Å²) in [7, 11) is 0. The van der Waals surface area contributed by atoms with Crippen molar-refractivity contribution in [3.63, 3.8) is 0 Å². The zero-order valence-electron chi connectivity index (χ0n) is 12.2. The first-order valence-corrected chi connectivity index (χ1v) is 7.81. The molecule has 1 saturated carbocycles. The molecule has 2 N–H and O–H groups in total. The predicted octanol–water partition coefficient (Wildman–Crippen LogP) is 2.07. The third-order valence-corrected chi connectivity index (χ3v) is 4.55. The number of nitrogens with zero attached hydrogens (tertiary/aromatic N) is 1. The second kappa shape index (κ2) is 6.71. The Labute approximate surface area is 116 Å². The SMILES string of the molecule is CCOC1CCN(C(=O)CC2(N)CCCCC2)CC1. The molecule has 2 fully saturated rings. The molecular weight excluding hydrogens is 240 g/mol. The van der Waals surface area contributed by atoms with Crippen molar-refractivity contribution < 1.29 is 9.53 Å². The van der Waals surface area contributed by atoms with Crippen LogP contribution in [-0.4, -0.2) is 42.1 Å². The standard InChI is InChI=1S/C15H28N2O2/c1-2-19-13-6-10-17(11-7-13)14(18)12-15(16)8-4-3-5-9-15/h13H,2-12,16H2,1H3. The molecule has 1 aliphatic heterocycles. The molecule has 1 amide bonds. The highest BCUT2D eigenvalue weighted by atomic mass is 16.5. The number of hydrogen-bond donors (Lipinski definition) is 1. The maximum absolute atomic E-state index is 12.3. The zero-order chi connectivity index (χ0) is 13.7. The normalized spacial score (nSPS) is 24.4. The summed E-state index contributed by atoms with van der Waals surface area (Å²) in [5.41, 5.74) is 6.14. The highest BCUT2D eigenvalue weighted by Gasteiger charge is 2.32. The van der Waals surface area contributed by atoms with E-state index in [-0.39, 0.29) is 11.4 Å². The number of piperidine rings is 1. The van der Waals surface area contributed by atoms with Gasteiger partial charge < -0.3 is 15.4 Å². The fourth-order valence-electron chi connectivity index (χ4n) is 3.35. The number of nitrogens with two attached hydrogens (primary N) is 1. The van der Waals surface area contributed by atoms with Crippen LogP contribution in [0.4, 0.5) is 0 Å². The van der Waals surface area contributed by atoms with Gasteiger partial charge in [-0.05, 0) is 32.6 Å². The molecule has 4 heteroatoms. The third kappa shape index (κ3) is 4.18. The Morgan fingerprint density at radius 2 is 1.89 bits per heavy atom. The molecule has 2 rings (SSSR count). The van der Waals surface area contributed by atoms with Gasteiger partial charge in [0, 0.05) is 31.7 Å². The fourth-order valence-corrected chi connectivity index (χ4v) is 3.35. The summed E-state index contributed by atoms with van der Waals surface area (Å²) in [6, 6.07) is 0. The Bertz CT molecular complexity index is 293. The molecule has 0 radical (unpaired) electrons. The number of carbonyl (C=O) groups is 1. The van der Waals surface area contributed by atoms with Crippen LogP contribution in [0.25, 0.3) is 0 Å². The first-order valence-electron chi connectivity index (χ1n) is 7.81. The van der Waals surface area contributed by atoms with Crippen molar-refractivity contribution in [1.82, 2.24) is 4.90 Å². The van der Waals surface area contributed by atoms with Crippen molar-refractivity contribution in [3.05, 3.63) is 0 Å². The second-order valence-corrected chi connectivity index (χ2v) is 6.14. The van der Waals surface area contributed by atoms with Crippen LogP contribution < -0.4 is 5.73 Å². The summed E-state index contributed by atoms with van der Waals surface area (Å²) in [5, 5.41) is 0. The van der Waals surface area contributed by atoms with Gasteiger partial charge >= 0.3 is 0 Å². The van der Waals surface area contributed by atoms with Crippen LogP contribution in [0, 0.1) is 0 Å². The molecule has 0 bridgehead atoms. The van der Waals surface area contributed by atoms with Gasteiger partial charge in [0.15, 0.2) is 0 Å². The molecule has 110 valence electrons. The topological polar surface area (TPSA) is 55.6 Å². The second-order valence-electron chi connectivity index (χ2n) is 6.14. The van der Waals surface area contributed by atoms with Gasteiger partial charge in [-0.1, -0.05) is 19.3 Å². The van der Waals surface area contributed by atoms with Gasteiger partial charge in [0.2, 0.25) is 5.91 Å². The maximum atomic E-state index is 12.3. The fraction of sp³-hybridized carbons (Fsp3) is 0.933. The lowest BCUT2D eigenvalue weighted by Gasteiger charge is -2.37. The molecule has 19 heavy (non-hydrogen) atoms. The largest absolute Gasteiger partial charge is 0.378 e. The van der Waals surface area contributed by atoms with Crippen LogP contribution in [0.2, 0.25) is 0 Å². The van der Waals surface area contributed by atoms with Gasteiger partial charge in [0.1, 0.15) is 0 Å². The van der Waals surface area contributed by atoms with E-state index in [9.17, 15) is 4.79 Å². The molecule has 0 aromatic carbocycles. The summed E-state index contributed by atoms with van der Waals surface area (Å²) in [4.78, 5) is 14.3. The van der Waals surface area contributed by atoms with Crippen LogP contribution in [0.15, 0.2) is 0 Å². The van der Waals surface area contributed by atoms with E-state index < -0.39 is 0 Å². The molecule has 0 spiro atoms. The minimum atomic E-state index is -0.230. The highest BCUT2D eigenvalue weighted by Crippen LogP contribution is 2.29. The zero-order valence-corrected chi connectivity index (χ0v) is 12.2. The number of amides is 1. The molecule has 1 aliphatic carbocycles. The molecule has 0 atom stereocenters. The van der Waals surface area contributed by atoms with Crippen molar-refractivity contribution in [2.45, 2.75) is 69.9 Å². The van der Waals surface area contributed by atoms with Crippen molar-refractivity contribution >= 4 is 5.91 Å². The van der Waals surface area contributed by atoms with Gasteiger partial charge in [-0.15, -0.1) is 0 Å². The molecule has 1 saturated heterocycles. The van der Waals surface area contributed by atoms with Gasteiger partial charge in [0.05, 0.1) is 6.10 Å². The molecule has 0 aromatic heterocycles. The molecule has 2 aliphatic rings. The summed E-state index contributed by atoms with van der Waals surface area (Å²) >= 11 is 0. The number of ether oxygens (including phenoxy) is 1. The van der Waals surface area contributed by atoms with Crippen molar-refractivity contribution in [3.8, 4) is 0 Å². The van der Waals surface area contributed by atoms with E-state index in [1.165, 1.54) is 19.3 Å². The van der Waals surface area contributed by atoms with Crippen molar-refractivity contribution in [2.24, 2.45) is 5.73 Å². The number of hydrogen-bond acceptors (Lipinski definition) is 3. The predicted molar refractivity (Wildman–Crippen MR) is 75.8 cm³/mol. The Hall–Kier alpha value is -0.610.